The molecule has 9 heteroatoms. The van der Waals surface area contributed by atoms with Gasteiger partial charge >= 0.3 is 35.5 Å². The summed E-state index contributed by atoms with van der Waals surface area (Å²) in [6.45, 7) is 0. The topological polar surface area (TPSA) is 92.8 Å². The van der Waals surface area contributed by atoms with E-state index in [0.717, 1.165) is 14.9 Å². The minimum atomic E-state index is -0.997. The predicted octanol–water partition coefficient (Wildman–Crippen LogP) is 1.23. The Bertz CT molecular complexity index is 680. The fourth-order valence-electron chi connectivity index (χ4n) is 2.09. The van der Waals surface area contributed by atoms with Gasteiger partial charge in [-0.05, 0) is 65.8 Å². The number of halogens is 3. The normalized spacial score (nSPS) is 17.6. The van der Waals surface area contributed by atoms with Gasteiger partial charge in [-0.25, -0.2) is 0 Å². The van der Waals surface area contributed by atoms with Crippen LogP contribution >= 0.6 is 67.8 Å². The fraction of sp³-hybridized carbons (Fsp3) is 0.267. The van der Waals surface area contributed by atoms with Crippen molar-refractivity contribution in [1.29, 1.82) is 0 Å². The molecule has 0 aromatic heterocycles. The van der Waals surface area contributed by atoms with Crippen molar-refractivity contribution in [2.45, 2.75) is 20.3 Å². The van der Waals surface area contributed by atoms with Gasteiger partial charge in [-0.3, -0.25) is 4.79 Å². The molecule has 0 aliphatic heterocycles. The molecule has 126 valence electrons. The van der Waals surface area contributed by atoms with Crippen LogP contribution in [0.5, 0.6) is 11.5 Å². The molecule has 0 heterocycles. The number of ether oxygens (including phenoxy) is 1. The van der Waals surface area contributed by atoms with Crippen molar-refractivity contribution in [3.63, 3.8) is 0 Å². The molecular weight excluding hydrogens is 662 g/mol. The third-order valence-electron chi connectivity index (χ3n) is 3.18. The van der Waals surface area contributed by atoms with E-state index in [2.05, 4.69) is 67.8 Å². The second-order valence-corrected chi connectivity index (χ2v) is 12.0. The second kappa shape index (κ2) is 9.74. The summed E-state index contributed by atoms with van der Waals surface area (Å²) in [5.74, 6) is 0.634. The summed E-state index contributed by atoms with van der Waals surface area (Å²) in [5.41, 5.74) is 6.63. The molecule has 1 aliphatic carbocycles. The number of hydrogen-bond acceptors (Lipinski definition) is 4. The van der Waals surface area contributed by atoms with E-state index in [1.54, 1.807) is 24.3 Å². The Kier molecular flexibility index (Phi) is 9.32. The first-order chi connectivity index (χ1) is 10.7. The zero-order valence-electron chi connectivity index (χ0n) is 13.8. The van der Waals surface area contributed by atoms with E-state index in [4.69, 9.17) is 15.6 Å². The van der Waals surface area contributed by atoms with Gasteiger partial charge in [0.25, 0.3) is 0 Å². The monoisotopic (exact) mass is 677 g/mol. The number of hydrogen-bond donors (Lipinski definition) is 3. The minimum absolute atomic E-state index is 0. The van der Waals surface area contributed by atoms with Gasteiger partial charge in [-0.15, -0.1) is 0 Å². The Labute approximate surface area is 204 Å². The Balaban J connectivity index is 0.00000288. The van der Waals surface area contributed by atoms with E-state index in [9.17, 15) is 9.90 Å². The van der Waals surface area contributed by atoms with Crippen LogP contribution in [0.1, 0.15) is 14.3 Å². The molecule has 0 fully saturated rings. The number of carboxylic acids is 1. The van der Waals surface area contributed by atoms with E-state index < -0.39 is 12.0 Å². The van der Waals surface area contributed by atoms with Gasteiger partial charge in [0, 0.05) is 0 Å². The van der Waals surface area contributed by atoms with E-state index in [1.165, 1.54) is 0 Å². The Morgan fingerprint density at radius 3 is 2.46 bits per heavy atom. The summed E-state index contributed by atoms with van der Waals surface area (Å²) < 4.78 is 6.58. The molecule has 0 saturated heterocycles. The number of rotatable bonds is 5. The Hall–Kier alpha value is 0.920. The second-order valence-electron chi connectivity index (χ2n) is 5.11. The molecule has 1 aromatic carbocycles. The van der Waals surface area contributed by atoms with Gasteiger partial charge in [-0.2, -0.15) is 0 Å². The number of carbonyl (C=O) groups is 1. The van der Waals surface area contributed by atoms with Gasteiger partial charge in [0.2, 0.25) is 0 Å². The SMILES string of the molecule is N[C@@H](CC1=CC(I)=C(Oc2ccc(O)cc2)C(I)(I)C1)C(=O)O.[H-].[Na+]. The zero-order valence-corrected chi connectivity index (χ0v) is 21.3. The Morgan fingerprint density at radius 1 is 1.38 bits per heavy atom. The third-order valence-corrected chi connectivity index (χ3v) is 5.73. The molecule has 2 rings (SSSR count). The summed E-state index contributed by atoms with van der Waals surface area (Å²) in [6.07, 6.45) is 2.92. The quantitative estimate of drug-likeness (QED) is 0.248. The summed E-state index contributed by atoms with van der Waals surface area (Å²) in [7, 11) is 0. The average Bonchev–Trinajstić information content (AvgIpc) is 2.44. The van der Waals surface area contributed by atoms with Crippen molar-refractivity contribution in [2.24, 2.45) is 5.73 Å². The van der Waals surface area contributed by atoms with E-state index >= 15 is 0 Å². The van der Waals surface area contributed by atoms with Crippen molar-refractivity contribution in [3.05, 3.63) is 45.3 Å². The molecule has 4 N–H and O–H groups in total. The van der Waals surface area contributed by atoms with Crippen LogP contribution in [0.4, 0.5) is 0 Å². The maximum Gasteiger partial charge on any atom is 1.00 e. The number of alkyl halides is 2. The largest absolute Gasteiger partial charge is 1.00 e. The number of nitrogens with two attached hydrogens (primary N) is 1. The number of aromatic hydroxyl groups is 1. The van der Waals surface area contributed by atoms with Crippen molar-refractivity contribution in [3.8, 4) is 11.5 Å². The fourth-order valence-corrected chi connectivity index (χ4v) is 5.92. The molecule has 0 amide bonds. The molecule has 1 aliphatic rings. The standard InChI is InChI=1S/C15H14I3NO4.Na.H/c16-11-5-8(6-12(19)14(21)22)7-15(17,18)13(11)23-10-3-1-9(20)2-4-10;;/h1-5,12,20H,6-7,19H2,(H,21,22);;/q;+1;-1/t12-;;/m0../s1. The number of phenolic OH excluding ortho intramolecular Hbond substituents is 1. The molecule has 24 heavy (non-hydrogen) atoms. The third kappa shape index (κ3) is 6.27. The molecule has 5 nitrogen and oxygen atoms in total. The van der Waals surface area contributed by atoms with Crippen LogP contribution in [0.3, 0.4) is 0 Å². The number of phenols is 1. The van der Waals surface area contributed by atoms with Crippen molar-refractivity contribution in [1.82, 2.24) is 0 Å². The zero-order chi connectivity index (χ0) is 17.2. The predicted molar refractivity (Wildman–Crippen MR) is 115 cm³/mol. The molecule has 1 aromatic rings. The minimum Gasteiger partial charge on any atom is -1.00 e. The maximum absolute atomic E-state index is 10.9. The number of aliphatic carboxylic acids is 1. The Morgan fingerprint density at radius 2 is 1.96 bits per heavy atom. The molecular formula is C15H15I3NNaO4. The summed E-state index contributed by atoms with van der Waals surface area (Å²) in [6, 6.07) is 5.65. The van der Waals surface area contributed by atoms with Gasteiger partial charge in [0.15, 0.2) is 0 Å². The van der Waals surface area contributed by atoms with Crippen molar-refractivity contribution < 1.29 is 50.7 Å². The first-order valence-corrected chi connectivity index (χ1v) is 9.85. The van der Waals surface area contributed by atoms with Gasteiger partial charge in [0.05, 0.1) is 3.58 Å². The van der Waals surface area contributed by atoms with Crippen LogP contribution in [-0.2, 0) is 4.79 Å². The molecule has 0 saturated carbocycles. The van der Waals surface area contributed by atoms with E-state index in [1.807, 2.05) is 6.08 Å². The van der Waals surface area contributed by atoms with Crippen LogP contribution in [0.2, 0.25) is 0 Å². The maximum atomic E-state index is 10.9. The van der Waals surface area contributed by atoms with Crippen LogP contribution in [0.15, 0.2) is 45.3 Å². The van der Waals surface area contributed by atoms with Crippen molar-refractivity contribution in [2.75, 3.05) is 0 Å². The van der Waals surface area contributed by atoms with Crippen molar-refractivity contribution >= 4 is 73.7 Å². The number of carboxylic acid groups (broad SMARTS) is 1. The van der Waals surface area contributed by atoms with E-state index in [0.29, 0.717) is 18.6 Å². The van der Waals surface area contributed by atoms with Gasteiger partial charge in [-0.1, -0.05) is 50.8 Å². The number of benzene rings is 1. The van der Waals surface area contributed by atoms with E-state index in [-0.39, 0.29) is 38.2 Å². The number of allylic oxidation sites excluding steroid dienone is 3. The van der Waals surface area contributed by atoms with Crippen LogP contribution in [0, 0.1) is 0 Å². The average molecular weight is 677 g/mol. The summed E-state index contributed by atoms with van der Waals surface area (Å²) in [5, 5.41) is 18.3. The molecule has 0 unspecified atom stereocenters. The van der Waals surface area contributed by atoms with Crippen LogP contribution < -0.4 is 40.0 Å². The molecule has 0 radical (unpaired) electrons. The smallest absolute Gasteiger partial charge is 1.00 e. The first kappa shape index (κ1) is 23.0. The molecule has 0 bridgehead atoms. The van der Waals surface area contributed by atoms with Gasteiger partial charge < -0.3 is 22.1 Å². The summed E-state index contributed by atoms with van der Waals surface area (Å²) >= 11 is 6.79. The molecule has 0 spiro atoms. The summed E-state index contributed by atoms with van der Waals surface area (Å²) in [4.78, 5) is 10.9. The van der Waals surface area contributed by atoms with Gasteiger partial charge in [0.1, 0.15) is 24.7 Å². The van der Waals surface area contributed by atoms with Crippen LogP contribution in [-0.4, -0.2) is 23.7 Å². The van der Waals surface area contributed by atoms with Crippen LogP contribution in [0.25, 0.3) is 0 Å². The molecule has 1 atom stereocenters. The first-order valence-electron chi connectivity index (χ1n) is 6.62.